The van der Waals surface area contributed by atoms with Gasteiger partial charge in [0, 0.05) is 5.39 Å². The summed E-state index contributed by atoms with van der Waals surface area (Å²) in [6.45, 7) is 1.85. The van der Waals surface area contributed by atoms with Crippen molar-refractivity contribution in [2.45, 2.75) is 19.6 Å². The highest BCUT2D eigenvalue weighted by atomic mass is 19.1. The number of aliphatic hydroxyl groups is 1. The van der Waals surface area contributed by atoms with Crippen molar-refractivity contribution >= 4 is 10.8 Å². The third-order valence-electron chi connectivity index (χ3n) is 3.65. The van der Waals surface area contributed by atoms with Gasteiger partial charge in [0.2, 0.25) is 0 Å². The minimum absolute atomic E-state index is 0.0239. The van der Waals surface area contributed by atoms with Crippen LogP contribution in [0.1, 0.15) is 17.4 Å². The second kappa shape index (κ2) is 5.69. The Balaban J connectivity index is 1.99. The molecule has 0 aliphatic rings. The summed E-state index contributed by atoms with van der Waals surface area (Å²) < 4.78 is 14.2. The van der Waals surface area contributed by atoms with E-state index in [1.54, 1.807) is 12.1 Å². The quantitative estimate of drug-likeness (QED) is 0.808. The number of benzene rings is 2. The number of rotatable bonds is 3. The lowest BCUT2D eigenvalue weighted by molar-refractivity contribution is 0.149. The lowest BCUT2D eigenvalue weighted by Gasteiger charge is -2.13. The molecule has 112 valence electrons. The van der Waals surface area contributed by atoms with Crippen molar-refractivity contribution < 1.29 is 9.50 Å². The molecule has 0 radical (unpaired) electrons. The third-order valence-corrected chi connectivity index (χ3v) is 3.65. The minimum Gasteiger partial charge on any atom is -0.386 e. The zero-order valence-corrected chi connectivity index (χ0v) is 12.0. The van der Waals surface area contributed by atoms with Gasteiger partial charge in [-0.05, 0) is 30.7 Å². The molecule has 0 aliphatic heterocycles. The Hall–Kier alpha value is -2.53. The van der Waals surface area contributed by atoms with Crippen LogP contribution in [0.25, 0.3) is 10.8 Å². The Morgan fingerprint density at radius 2 is 1.77 bits per heavy atom. The molecular weight excluding hydrogens is 283 g/mol. The summed E-state index contributed by atoms with van der Waals surface area (Å²) in [5, 5.41) is 15.9. The highest BCUT2D eigenvalue weighted by Crippen LogP contribution is 2.16. The monoisotopic (exact) mass is 298 g/mol. The summed E-state index contributed by atoms with van der Waals surface area (Å²) >= 11 is 0. The van der Waals surface area contributed by atoms with Crippen LogP contribution in [0.2, 0.25) is 0 Å². The van der Waals surface area contributed by atoms with Gasteiger partial charge in [0.05, 0.1) is 23.7 Å². The fourth-order valence-corrected chi connectivity index (χ4v) is 2.48. The standard InChI is InChI=1S/C17H15FN2O2/c1-11-14-4-2-3-5-15(14)17(22)20(19-11)10-16(21)12-6-8-13(18)9-7-12/h2-9,16,21H,10H2,1H3/t16-/m1/s1. The van der Waals surface area contributed by atoms with Gasteiger partial charge in [-0.3, -0.25) is 4.79 Å². The van der Waals surface area contributed by atoms with Crippen molar-refractivity contribution in [3.8, 4) is 0 Å². The molecule has 1 heterocycles. The molecule has 0 aliphatic carbocycles. The number of aryl methyl sites for hydroxylation is 1. The summed E-state index contributed by atoms with van der Waals surface area (Å²) in [5.41, 5.74) is 1.02. The molecule has 0 spiro atoms. The molecule has 0 fully saturated rings. The lowest BCUT2D eigenvalue weighted by Crippen LogP contribution is -2.26. The van der Waals surface area contributed by atoms with E-state index in [0.29, 0.717) is 10.9 Å². The van der Waals surface area contributed by atoms with E-state index in [4.69, 9.17) is 0 Å². The summed E-state index contributed by atoms with van der Waals surface area (Å²) in [6.07, 6.45) is -0.925. The van der Waals surface area contributed by atoms with E-state index in [2.05, 4.69) is 5.10 Å². The smallest absolute Gasteiger partial charge is 0.274 e. The summed E-state index contributed by atoms with van der Waals surface area (Å²) in [5.74, 6) is -0.368. The number of aliphatic hydroxyl groups excluding tert-OH is 1. The fourth-order valence-electron chi connectivity index (χ4n) is 2.48. The number of nitrogens with zero attached hydrogens (tertiary/aromatic N) is 2. The number of hydrogen-bond donors (Lipinski definition) is 1. The molecule has 3 rings (SSSR count). The summed E-state index contributed by atoms with van der Waals surface area (Å²) in [7, 11) is 0. The summed E-state index contributed by atoms with van der Waals surface area (Å²) in [6, 6.07) is 12.8. The zero-order chi connectivity index (χ0) is 15.7. The molecular formula is C17H15FN2O2. The van der Waals surface area contributed by atoms with Gasteiger partial charge in [-0.2, -0.15) is 5.10 Å². The van der Waals surface area contributed by atoms with Crippen LogP contribution < -0.4 is 5.56 Å². The van der Waals surface area contributed by atoms with E-state index >= 15 is 0 Å². The van der Waals surface area contributed by atoms with Crippen molar-refractivity contribution in [2.24, 2.45) is 0 Å². The first kappa shape index (κ1) is 14.4. The van der Waals surface area contributed by atoms with E-state index in [9.17, 15) is 14.3 Å². The molecule has 3 aromatic rings. The lowest BCUT2D eigenvalue weighted by atomic mass is 10.1. The predicted molar refractivity (Wildman–Crippen MR) is 82.1 cm³/mol. The summed E-state index contributed by atoms with van der Waals surface area (Å²) in [4.78, 5) is 12.4. The molecule has 1 aromatic heterocycles. The Kier molecular flexibility index (Phi) is 3.73. The predicted octanol–water partition coefficient (Wildman–Crippen LogP) is 2.58. The van der Waals surface area contributed by atoms with Gasteiger partial charge in [-0.15, -0.1) is 0 Å². The van der Waals surface area contributed by atoms with Crippen LogP contribution in [0.5, 0.6) is 0 Å². The van der Waals surface area contributed by atoms with Crippen LogP contribution in [-0.2, 0) is 6.54 Å². The van der Waals surface area contributed by atoms with Crippen molar-refractivity contribution in [3.63, 3.8) is 0 Å². The SMILES string of the molecule is Cc1nn(C[C@@H](O)c2ccc(F)cc2)c(=O)c2ccccc12. The molecule has 0 amide bonds. The van der Waals surface area contributed by atoms with E-state index in [1.807, 2.05) is 19.1 Å². The topological polar surface area (TPSA) is 55.1 Å². The van der Waals surface area contributed by atoms with Crippen LogP contribution in [-0.4, -0.2) is 14.9 Å². The first-order chi connectivity index (χ1) is 10.6. The fraction of sp³-hybridized carbons (Fsp3) is 0.176. The second-order valence-electron chi connectivity index (χ2n) is 5.19. The van der Waals surface area contributed by atoms with Crippen LogP contribution >= 0.6 is 0 Å². The van der Waals surface area contributed by atoms with Crippen molar-refractivity contribution in [3.05, 3.63) is 76.0 Å². The molecule has 0 bridgehead atoms. The van der Waals surface area contributed by atoms with E-state index in [-0.39, 0.29) is 17.9 Å². The molecule has 2 aromatic carbocycles. The number of fused-ring (bicyclic) bond motifs is 1. The third kappa shape index (κ3) is 2.63. The largest absolute Gasteiger partial charge is 0.386 e. The van der Waals surface area contributed by atoms with Crippen LogP contribution in [0.4, 0.5) is 4.39 Å². The first-order valence-electron chi connectivity index (χ1n) is 6.96. The molecule has 0 unspecified atom stereocenters. The highest BCUT2D eigenvalue weighted by molar-refractivity contribution is 5.83. The molecule has 0 saturated heterocycles. The first-order valence-corrected chi connectivity index (χ1v) is 6.96. The highest BCUT2D eigenvalue weighted by Gasteiger charge is 2.13. The van der Waals surface area contributed by atoms with Gasteiger partial charge in [0.25, 0.3) is 5.56 Å². The van der Waals surface area contributed by atoms with Crippen molar-refractivity contribution in [2.75, 3.05) is 0 Å². The molecule has 1 atom stereocenters. The maximum Gasteiger partial charge on any atom is 0.274 e. The zero-order valence-electron chi connectivity index (χ0n) is 12.0. The maximum absolute atomic E-state index is 12.9. The van der Waals surface area contributed by atoms with Crippen LogP contribution in [0, 0.1) is 12.7 Å². The van der Waals surface area contributed by atoms with Gasteiger partial charge < -0.3 is 5.11 Å². The van der Waals surface area contributed by atoms with Crippen molar-refractivity contribution in [1.29, 1.82) is 0 Å². The second-order valence-corrected chi connectivity index (χ2v) is 5.19. The Morgan fingerprint density at radius 3 is 2.45 bits per heavy atom. The Morgan fingerprint density at radius 1 is 1.14 bits per heavy atom. The van der Waals surface area contributed by atoms with Crippen LogP contribution in [0.3, 0.4) is 0 Å². The van der Waals surface area contributed by atoms with Gasteiger partial charge in [0.1, 0.15) is 5.82 Å². The maximum atomic E-state index is 12.9. The van der Waals surface area contributed by atoms with Gasteiger partial charge >= 0.3 is 0 Å². The van der Waals surface area contributed by atoms with Gasteiger partial charge in [-0.1, -0.05) is 30.3 Å². The van der Waals surface area contributed by atoms with E-state index in [0.717, 1.165) is 11.1 Å². The Bertz CT molecular complexity index is 872. The minimum atomic E-state index is -0.925. The Labute approximate surface area is 126 Å². The van der Waals surface area contributed by atoms with Crippen molar-refractivity contribution in [1.82, 2.24) is 9.78 Å². The van der Waals surface area contributed by atoms with Crippen LogP contribution in [0.15, 0.2) is 53.3 Å². The average molecular weight is 298 g/mol. The molecule has 1 N–H and O–H groups in total. The van der Waals surface area contributed by atoms with Gasteiger partial charge in [-0.25, -0.2) is 9.07 Å². The number of halogens is 1. The molecule has 5 heteroatoms. The number of aromatic nitrogens is 2. The normalized spacial score (nSPS) is 12.5. The van der Waals surface area contributed by atoms with E-state index < -0.39 is 6.10 Å². The average Bonchev–Trinajstić information content (AvgIpc) is 2.53. The number of hydrogen-bond acceptors (Lipinski definition) is 3. The molecule has 4 nitrogen and oxygen atoms in total. The van der Waals surface area contributed by atoms with Gasteiger partial charge in [0.15, 0.2) is 0 Å². The molecule has 0 saturated carbocycles. The molecule has 22 heavy (non-hydrogen) atoms. The van der Waals surface area contributed by atoms with E-state index in [1.165, 1.54) is 28.9 Å².